The second-order valence-corrected chi connectivity index (χ2v) is 5.53. The summed E-state index contributed by atoms with van der Waals surface area (Å²) in [5.74, 6) is -23.0. The first-order chi connectivity index (χ1) is 11.9. The van der Waals surface area contributed by atoms with E-state index in [1.807, 2.05) is 0 Å². The van der Waals surface area contributed by atoms with E-state index in [1.165, 1.54) is 0 Å². The molecule has 0 heterocycles. The van der Waals surface area contributed by atoms with Crippen LogP contribution in [0, 0.1) is 0 Å². The number of ether oxygens (including phenoxy) is 2. The van der Waals surface area contributed by atoms with Gasteiger partial charge in [-0.05, 0) is 48.5 Å². The molecule has 0 saturated heterocycles. The molecule has 0 bridgehead atoms. The second-order valence-electron chi connectivity index (χ2n) is 5.53. The Morgan fingerprint density at radius 3 is 1.08 bits per heavy atom. The molecule has 2 N–H and O–H groups in total. The van der Waals surface area contributed by atoms with E-state index >= 15 is 0 Å². The van der Waals surface area contributed by atoms with Gasteiger partial charge in [-0.15, -0.1) is 0 Å². The van der Waals surface area contributed by atoms with Gasteiger partial charge in [-0.2, -0.15) is 26.3 Å². The Morgan fingerprint density at radius 1 is 0.538 bits per heavy atom. The number of aromatic hydroxyl groups is 2. The standard InChI is InChI=1S/C16H10F6O4/c17-13(18)14(19,20)16(22,26-12-7-3-10(24)4-8-12)15(13,21)25-11-5-1-9(23)2-6-11/h1-8,23-24H/t15-,16-/m0/s1. The fraction of sp³-hybridized carbons (Fsp3) is 0.250. The van der Waals surface area contributed by atoms with Crippen molar-refractivity contribution in [2.24, 2.45) is 0 Å². The number of hydrogen-bond acceptors (Lipinski definition) is 4. The zero-order chi connectivity index (χ0) is 19.4. The van der Waals surface area contributed by atoms with E-state index < -0.39 is 35.1 Å². The minimum Gasteiger partial charge on any atom is -0.508 e. The van der Waals surface area contributed by atoms with Gasteiger partial charge in [0.05, 0.1) is 0 Å². The molecule has 0 amide bonds. The lowest BCUT2D eigenvalue weighted by Crippen LogP contribution is -2.89. The van der Waals surface area contributed by atoms with Crippen LogP contribution in [0.5, 0.6) is 23.0 Å². The lowest BCUT2D eigenvalue weighted by atomic mass is 9.76. The third-order valence-corrected chi connectivity index (χ3v) is 3.81. The fourth-order valence-corrected chi connectivity index (χ4v) is 2.36. The summed E-state index contributed by atoms with van der Waals surface area (Å²) in [5, 5.41) is 18.2. The van der Waals surface area contributed by atoms with E-state index in [2.05, 4.69) is 9.47 Å². The number of phenols is 2. The summed E-state index contributed by atoms with van der Waals surface area (Å²) in [6.45, 7) is 0. The van der Waals surface area contributed by atoms with Crippen molar-refractivity contribution in [3.05, 3.63) is 48.5 Å². The molecule has 3 rings (SSSR count). The molecule has 2 atom stereocenters. The molecule has 0 spiro atoms. The fourth-order valence-electron chi connectivity index (χ4n) is 2.36. The maximum Gasteiger partial charge on any atom is 0.395 e. The summed E-state index contributed by atoms with van der Waals surface area (Å²) < 4.78 is 92.8. The maximum absolute atomic E-state index is 14.7. The molecule has 140 valence electrons. The number of hydrogen-bond donors (Lipinski definition) is 2. The van der Waals surface area contributed by atoms with Crippen LogP contribution in [0.3, 0.4) is 0 Å². The Bertz CT molecular complexity index is 741. The van der Waals surface area contributed by atoms with Gasteiger partial charge in [-0.25, -0.2) is 0 Å². The summed E-state index contributed by atoms with van der Waals surface area (Å²) >= 11 is 0. The normalized spacial score (nSPS) is 28.8. The van der Waals surface area contributed by atoms with Crippen molar-refractivity contribution in [1.82, 2.24) is 0 Å². The molecular weight excluding hydrogens is 370 g/mol. The van der Waals surface area contributed by atoms with Crippen LogP contribution in [0.15, 0.2) is 48.5 Å². The van der Waals surface area contributed by atoms with Gasteiger partial charge in [0.25, 0.3) is 0 Å². The molecule has 0 aliphatic heterocycles. The van der Waals surface area contributed by atoms with Crippen molar-refractivity contribution >= 4 is 0 Å². The third-order valence-electron chi connectivity index (χ3n) is 3.81. The van der Waals surface area contributed by atoms with Crippen molar-refractivity contribution in [2.45, 2.75) is 23.6 Å². The predicted octanol–water partition coefficient (Wildman–Crippen LogP) is 4.17. The second kappa shape index (κ2) is 5.36. The summed E-state index contributed by atoms with van der Waals surface area (Å²) in [6, 6.07) is 6.72. The van der Waals surface area contributed by atoms with E-state index in [1.54, 1.807) is 0 Å². The zero-order valence-corrected chi connectivity index (χ0v) is 12.6. The average molecular weight is 380 g/mol. The van der Waals surface area contributed by atoms with E-state index in [0.29, 0.717) is 0 Å². The SMILES string of the molecule is Oc1ccc(O[C@@]2(F)C(F)(F)C(F)(F)[C@]2(F)Oc2ccc(O)cc2)cc1. The van der Waals surface area contributed by atoms with Gasteiger partial charge in [0.1, 0.15) is 23.0 Å². The molecule has 2 aromatic carbocycles. The van der Waals surface area contributed by atoms with Crippen LogP contribution < -0.4 is 9.47 Å². The van der Waals surface area contributed by atoms with Gasteiger partial charge in [0.2, 0.25) is 0 Å². The summed E-state index contributed by atoms with van der Waals surface area (Å²) in [4.78, 5) is 0. The number of benzene rings is 2. The first kappa shape index (κ1) is 18.0. The van der Waals surface area contributed by atoms with Crippen molar-refractivity contribution in [3.63, 3.8) is 0 Å². The van der Waals surface area contributed by atoms with Crippen molar-refractivity contribution in [1.29, 1.82) is 0 Å². The minimum atomic E-state index is -5.55. The number of rotatable bonds is 4. The predicted molar refractivity (Wildman–Crippen MR) is 75.0 cm³/mol. The molecular formula is C16H10F6O4. The topological polar surface area (TPSA) is 58.9 Å². The molecule has 1 aliphatic rings. The Hall–Kier alpha value is -2.78. The average Bonchev–Trinajstić information content (AvgIpc) is 2.58. The van der Waals surface area contributed by atoms with Crippen LogP contribution in [0.4, 0.5) is 26.3 Å². The highest BCUT2D eigenvalue weighted by Gasteiger charge is 3.03. The molecule has 26 heavy (non-hydrogen) atoms. The monoisotopic (exact) mass is 380 g/mol. The highest BCUT2D eigenvalue weighted by Crippen LogP contribution is 2.68. The quantitative estimate of drug-likeness (QED) is 0.782. The molecule has 1 saturated carbocycles. The highest BCUT2D eigenvalue weighted by molar-refractivity contribution is 5.36. The maximum atomic E-state index is 14.7. The van der Waals surface area contributed by atoms with E-state index in [0.717, 1.165) is 48.5 Å². The lowest BCUT2D eigenvalue weighted by Gasteiger charge is -2.55. The first-order valence-corrected chi connectivity index (χ1v) is 7.04. The largest absolute Gasteiger partial charge is 0.508 e. The van der Waals surface area contributed by atoms with E-state index in [4.69, 9.17) is 10.2 Å². The van der Waals surface area contributed by atoms with Gasteiger partial charge in [0, 0.05) is 0 Å². The summed E-state index contributed by atoms with van der Waals surface area (Å²) in [6.07, 6.45) is 0. The van der Waals surface area contributed by atoms with Crippen LogP contribution in [-0.2, 0) is 0 Å². The molecule has 0 aromatic heterocycles. The Balaban J connectivity index is 1.99. The van der Waals surface area contributed by atoms with Crippen LogP contribution >= 0.6 is 0 Å². The van der Waals surface area contributed by atoms with Crippen molar-refractivity contribution < 1.29 is 46.0 Å². The Kier molecular flexibility index (Phi) is 3.71. The molecule has 4 nitrogen and oxygen atoms in total. The molecule has 1 aliphatic carbocycles. The summed E-state index contributed by atoms with van der Waals surface area (Å²) in [5.41, 5.74) is 0. The van der Waals surface area contributed by atoms with Gasteiger partial charge in [0.15, 0.2) is 0 Å². The van der Waals surface area contributed by atoms with Crippen molar-refractivity contribution in [2.75, 3.05) is 0 Å². The molecule has 0 radical (unpaired) electrons. The molecule has 0 unspecified atom stereocenters. The van der Waals surface area contributed by atoms with Gasteiger partial charge < -0.3 is 19.7 Å². The van der Waals surface area contributed by atoms with E-state index in [-0.39, 0.29) is 11.5 Å². The minimum absolute atomic E-state index is 0.345. The van der Waals surface area contributed by atoms with Crippen LogP contribution in [0.1, 0.15) is 0 Å². The Labute approximate surface area is 142 Å². The Morgan fingerprint density at radius 2 is 0.808 bits per heavy atom. The molecule has 10 heteroatoms. The first-order valence-electron chi connectivity index (χ1n) is 7.04. The van der Waals surface area contributed by atoms with Crippen LogP contribution in [-0.4, -0.2) is 33.8 Å². The zero-order valence-electron chi connectivity index (χ0n) is 12.6. The van der Waals surface area contributed by atoms with Gasteiger partial charge >= 0.3 is 23.6 Å². The third kappa shape index (κ3) is 2.17. The molecule has 1 fully saturated rings. The number of phenolic OH excluding ortho intramolecular Hbond substituents is 2. The van der Waals surface area contributed by atoms with Crippen LogP contribution in [0.2, 0.25) is 0 Å². The smallest absolute Gasteiger partial charge is 0.395 e. The van der Waals surface area contributed by atoms with Gasteiger partial charge in [-0.3, -0.25) is 0 Å². The highest BCUT2D eigenvalue weighted by atomic mass is 19.3. The van der Waals surface area contributed by atoms with Crippen LogP contribution in [0.25, 0.3) is 0 Å². The van der Waals surface area contributed by atoms with Crippen molar-refractivity contribution in [3.8, 4) is 23.0 Å². The van der Waals surface area contributed by atoms with E-state index in [9.17, 15) is 26.3 Å². The number of halogens is 6. The number of alkyl halides is 6. The molecule has 2 aromatic rings. The summed E-state index contributed by atoms with van der Waals surface area (Å²) in [7, 11) is 0. The lowest BCUT2D eigenvalue weighted by molar-refractivity contribution is -0.527. The van der Waals surface area contributed by atoms with Gasteiger partial charge in [-0.1, -0.05) is 0 Å².